The maximum atomic E-state index is 12.2. The van der Waals surface area contributed by atoms with Crippen molar-refractivity contribution in [3.8, 4) is 0 Å². The first-order valence-corrected chi connectivity index (χ1v) is 6.92. The Hall–Kier alpha value is -1.66. The van der Waals surface area contributed by atoms with Gasteiger partial charge in [-0.25, -0.2) is 4.98 Å². The number of hydrogen-bond donors (Lipinski definition) is 1. The fraction of sp³-hybridized carbons (Fsp3) is 0.385. The molecule has 2 rings (SSSR count). The molecule has 2 N–H and O–H groups in total. The lowest BCUT2D eigenvalue weighted by atomic mass is 10.2. The van der Waals surface area contributed by atoms with Gasteiger partial charge < -0.3 is 15.1 Å². The molecule has 0 unspecified atom stereocenters. The summed E-state index contributed by atoms with van der Waals surface area (Å²) in [7, 11) is 1.76. The first-order valence-electron chi connectivity index (χ1n) is 6.04. The maximum absolute atomic E-state index is 12.2. The minimum absolute atomic E-state index is 0.0832. The van der Waals surface area contributed by atoms with E-state index in [4.69, 9.17) is 10.2 Å². The van der Waals surface area contributed by atoms with Crippen molar-refractivity contribution in [3.63, 3.8) is 0 Å². The van der Waals surface area contributed by atoms with Gasteiger partial charge in [-0.3, -0.25) is 4.79 Å². The van der Waals surface area contributed by atoms with Crippen molar-refractivity contribution in [3.05, 3.63) is 39.7 Å². The monoisotopic (exact) mass is 279 g/mol. The Morgan fingerprint density at radius 3 is 3.00 bits per heavy atom. The molecule has 1 amide bonds. The Morgan fingerprint density at radius 2 is 2.37 bits per heavy atom. The van der Waals surface area contributed by atoms with E-state index >= 15 is 0 Å². The van der Waals surface area contributed by atoms with Crippen LogP contribution in [0.2, 0.25) is 0 Å². The molecule has 0 spiro atoms. The highest BCUT2D eigenvalue weighted by Crippen LogP contribution is 2.15. The second-order valence-electron chi connectivity index (χ2n) is 4.33. The van der Waals surface area contributed by atoms with Crippen LogP contribution in [0.4, 0.5) is 0 Å². The number of amides is 1. The summed E-state index contributed by atoms with van der Waals surface area (Å²) in [4.78, 5) is 18.1. The minimum atomic E-state index is -0.0832. The van der Waals surface area contributed by atoms with Gasteiger partial charge >= 0.3 is 0 Å². The van der Waals surface area contributed by atoms with Crippen molar-refractivity contribution in [2.24, 2.45) is 5.73 Å². The Balaban J connectivity index is 2.04. The van der Waals surface area contributed by atoms with Crippen LogP contribution in [0.5, 0.6) is 0 Å². The highest BCUT2D eigenvalue weighted by molar-refractivity contribution is 7.09. The van der Waals surface area contributed by atoms with E-state index in [1.165, 1.54) is 11.3 Å². The molecule has 19 heavy (non-hydrogen) atoms. The van der Waals surface area contributed by atoms with Gasteiger partial charge in [-0.1, -0.05) is 0 Å². The van der Waals surface area contributed by atoms with Crippen molar-refractivity contribution in [1.82, 2.24) is 9.88 Å². The fourth-order valence-corrected chi connectivity index (χ4v) is 2.53. The van der Waals surface area contributed by atoms with Gasteiger partial charge in [-0.2, -0.15) is 0 Å². The van der Waals surface area contributed by atoms with Crippen molar-refractivity contribution in [2.75, 3.05) is 13.6 Å². The van der Waals surface area contributed by atoms with Gasteiger partial charge in [0.15, 0.2) is 0 Å². The molecule has 0 atom stereocenters. The summed E-state index contributed by atoms with van der Waals surface area (Å²) in [5.74, 6) is 0.752. The summed E-state index contributed by atoms with van der Waals surface area (Å²) in [6.07, 6.45) is 2.34. The smallest absolute Gasteiger partial charge is 0.273 e. The summed E-state index contributed by atoms with van der Waals surface area (Å²) in [6, 6.07) is 1.88. The van der Waals surface area contributed by atoms with Crippen molar-refractivity contribution >= 4 is 17.2 Å². The summed E-state index contributed by atoms with van der Waals surface area (Å²) in [6.45, 7) is 2.95. The highest BCUT2D eigenvalue weighted by Gasteiger charge is 2.16. The molecule has 0 aliphatic rings. The number of aryl methyl sites for hydroxylation is 1. The minimum Gasteiger partial charge on any atom is -0.469 e. The van der Waals surface area contributed by atoms with Crippen LogP contribution in [-0.4, -0.2) is 29.4 Å². The Kier molecular flexibility index (Phi) is 4.34. The van der Waals surface area contributed by atoms with E-state index in [9.17, 15) is 4.79 Å². The average molecular weight is 279 g/mol. The Bertz CT molecular complexity index is 562. The molecule has 0 saturated carbocycles. The van der Waals surface area contributed by atoms with Crippen LogP contribution < -0.4 is 5.73 Å². The van der Waals surface area contributed by atoms with E-state index in [1.807, 2.05) is 13.0 Å². The molecular formula is C13H17N3O2S. The molecule has 0 aromatic carbocycles. The summed E-state index contributed by atoms with van der Waals surface area (Å²) in [5.41, 5.74) is 6.96. The fourth-order valence-electron chi connectivity index (χ4n) is 1.75. The zero-order valence-corrected chi connectivity index (χ0v) is 11.9. The summed E-state index contributed by atoms with van der Waals surface area (Å²) < 4.78 is 5.22. The Morgan fingerprint density at radius 1 is 1.58 bits per heavy atom. The van der Waals surface area contributed by atoms with Crippen molar-refractivity contribution < 1.29 is 9.21 Å². The molecule has 0 aliphatic carbocycles. The van der Waals surface area contributed by atoms with Crippen molar-refractivity contribution in [1.29, 1.82) is 0 Å². The first-order chi connectivity index (χ1) is 9.11. The average Bonchev–Trinajstić information content (AvgIpc) is 2.99. The number of carbonyl (C=O) groups excluding carboxylic acids is 1. The third kappa shape index (κ3) is 3.21. The topological polar surface area (TPSA) is 72.4 Å². The van der Waals surface area contributed by atoms with Gasteiger partial charge in [0.25, 0.3) is 5.91 Å². The van der Waals surface area contributed by atoms with E-state index in [1.54, 1.807) is 23.6 Å². The molecule has 0 aliphatic heterocycles. The molecule has 2 aromatic rings. The number of nitrogens with two attached hydrogens (primary N) is 1. The van der Waals surface area contributed by atoms with Gasteiger partial charge in [0.05, 0.1) is 11.3 Å². The van der Waals surface area contributed by atoms with E-state index in [0.29, 0.717) is 25.2 Å². The van der Waals surface area contributed by atoms with E-state index < -0.39 is 0 Å². The largest absolute Gasteiger partial charge is 0.469 e. The third-order valence-corrected chi connectivity index (χ3v) is 3.76. The highest BCUT2D eigenvalue weighted by atomic mass is 32.1. The number of furan rings is 1. The predicted molar refractivity (Wildman–Crippen MR) is 74.1 cm³/mol. The summed E-state index contributed by atoms with van der Waals surface area (Å²) in [5, 5.41) is 2.69. The number of hydrogen-bond acceptors (Lipinski definition) is 5. The first kappa shape index (κ1) is 13.8. The Labute approximate surface area is 116 Å². The zero-order chi connectivity index (χ0) is 13.8. The van der Waals surface area contributed by atoms with Crippen molar-refractivity contribution in [2.45, 2.75) is 19.9 Å². The number of nitrogens with zero attached hydrogens (tertiary/aromatic N) is 2. The zero-order valence-electron chi connectivity index (χ0n) is 11.0. The van der Waals surface area contributed by atoms with Gasteiger partial charge in [0.2, 0.25) is 0 Å². The molecule has 2 heterocycles. The molecule has 0 radical (unpaired) electrons. The van der Waals surface area contributed by atoms with E-state index in [-0.39, 0.29) is 5.91 Å². The van der Waals surface area contributed by atoms with Gasteiger partial charge in [-0.15, -0.1) is 11.3 Å². The third-order valence-electron chi connectivity index (χ3n) is 2.85. The van der Waals surface area contributed by atoms with Crippen LogP contribution >= 0.6 is 11.3 Å². The van der Waals surface area contributed by atoms with Gasteiger partial charge in [0.1, 0.15) is 11.5 Å². The van der Waals surface area contributed by atoms with E-state index in [0.717, 1.165) is 16.3 Å². The van der Waals surface area contributed by atoms with Crippen LogP contribution in [0.1, 0.15) is 26.8 Å². The van der Waals surface area contributed by atoms with E-state index in [2.05, 4.69) is 4.98 Å². The molecule has 5 nitrogen and oxygen atoms in total. The molecule has 6 heteroatoms. The maximum Gasteiger partial charge on any atom is 0.273 e. The number of rotatable bonds is 5. The number of aromatic nitrogens is 1. The molecule has 0 bridgehead atoms. The van der Waals surface area contributed by atoms with Gasteiger partial charge in [-0.05, 0) is 19.5 Å². The summed E-state index contributed by atoms with van der Waals surface area (Å²) >= 11 is 1.47. The molecule has 0 saturated heterocycles. The SMILES string of the molecule is Cc1occc1CN(C)C(=O)c1csc(CCN)n1. The quantitative estimate of drug-likeness (QED) is 0.906. The second kappa shape index (κ2) is 5.99. The normalized spacial score (nSPS) is 10.7. The van der Waals surface area contributed by atoms with Crippen LogP contribution in [0.3, 0.4) is 0 Å². The van der Waals surface area contributed by atoms with Crippen LogP contribution in [0, 0.1) is 6.92 Å². The number of carbonyl (C=O) groups is 1. The lowest BCUT2D eigenvalue weighted by Gasteiger charge is -2.15. The van der Waals surface area contributed by atoms with Crippen LogP contribution in [0.25, 0.3) is 0 Å². The molecule has 2 aromatic heterocycles. The second-order valence-corrected chi connectivity index (χ2v) is 5.27. The standard InChI is InChI=1S/C13H17N3O2S/c1-9-10(4-6-18-9)7-16(2)13(17)11-8-19-12(15-11)3-5-14/h4,6,8H,3,5,7,14H2,1-2H3. The predicted octanol–water partition coefficient (Wildman–Crippen LogP) is 1.82. The lowest BCUT2D eigenvalue weighted by molar-refractivity contribution is 0.0779. The lowest BCUT2D eigenvalue weighted by Crippen LogP contribution is -2.26. The van der Waals surface area contributed by atoms with Crippen LogP contribution in [-0.2, 0) is 13.0 Å². The molecule has 0 fully saturated rings. The molecular weight excluding hydrogens is 262 g/mol. The van der Waals surface area contributed by atoms with Gasteiger partial charge in [0, 0.05) is 31.0 Å². The van der Waals surface area contributed by atoms with Crippen LogP contribution in [0.15, 0.2) is 22.1 Å². The molecule has 102 valence electrons. The number of thiazole rings is 1.